The highest BCUT2D eigenvalue weighted by Crippen LogP contribution is 2.14. The van der Waals surface area contributed by atoms with Crippen LogP contribution in [0.15, 0.2) is 18.0 Å². The minimum absolute atomic E-state index is 0.185. The molecule has 0 saturated heterocycles. The molecule has 0 amide bonds. The lowest BCUT2D eigenvalue weighted by Crippen LogP contribution is -2.07. The van der Waals surface area contributed by atoms with Gasteiger partial charge in [-0.3, -0.25) is 0 Å². The van der Waals surface area contributed by atoms with Crippen molar-refractivity contribution in [3.05, 3.63) is 28.7 Å². The molecule has 1 aromatic heterocycles. The Kier molecular flexibility index (Phi) is 4.05. The smallest absolute Gasteiger partial charge is 0.373 e. The van der Waals surface area contributed by atoms with Gasteiger partial charge in [-0.15, -0.1) is 5.10 Å². The molecule has 0 bridgehead atoms. The summed E-state index contributed by atoms with van der Waals surface area (Å²) < 4.78 is 4.57. The summed E-state index contributed by atoms with van der Waals surface area (Å²) in [6.45, 7) is 1.82. The lowest BCUT2D eigenvalue weighted by Gasteiger charge is -2.00. The molecule has 0 saturated carbocycles. The topological polar surface area (TPSA) is 72.3 Å². The molecule has 1 rings (SSSR count). The lowest BCUT2D eigenvalue weighted by molar-refractivity contribution is -0.141. The van der Waals surface area contributed by atoms with Gasteiger partial charge in [-0.1, -0.05) is 11.6 Å². The number of hydrogen-bond acceptors (Lipinski definition) is 5. The molecule has 0 aliphatic heterocycles. The van der Waals surface area contributed by atoms with Crippen molar-refractivity contribution in [3.63, 3.8) is 0 Å². The highest BCUT2D eigenvalue weighted by molar-refractivity contribution is 6.31. The van der Waals surface area contributed by atoms with Gasteiger partial charge in [0.15, 0.2) is 0 Å². The summed E-state index contributed by atoms with van der Waals surface area (Å²) in [5, 5.41) is 16.8. The molecule has 0 fully saturated rings. The Morgan fingerprint density at radius 1 is 1.73 bits per heavy atom. The molecule has 0 radical (unpaired) electrons. The number of ether oxygens (including phenoxy) is 1. The summed E-state index contributed by atoms with van der Waals surface area (Å²) in [5.74, 6) is -1.38. The molecule has 1 heterocycles. The van der Waals surface area contributed by atoms with Crippen LogP contribution in [0.5, 0.6) is 0 Å². The number of carbonyl (C=O) groups is 1. The fourth-order valence-electron chi connectivity index (χ4n) is 0.819. The number of aromatic nitrogens is 2. The predicted octanol–water partition coefficient (Wildman–Crippen LogP) is 1.59. The summed E-state index contributed by atoms with van der Waals surface area (Å²) in [4.78, 5) is 11.0. The second-order valence-corrected chi connectivity index (χ2v) is 2.92. The van der Waals surface area contributed by atoms with E-state index < -0.39 is 11.7 Å². The fraction of sp³-hybridized carbons (Fsp3) is 0.222. The lowest BCUT2D eigenvalue weighted by atomic mass is 10.3. The van der Waals surface area contributed by atoms with E-state index in [0.29, 0.717) is 5.02 Å². The van der Waals surface area contributed by atoms with Gasteiger partial charge in [-0.25, -0.2) is 4.79 Å². The summed E-state index contributed by atoms with van der Waals surface area (Å²) in [6.07, 6.45) is 2.51. The molecule has 0 atom stereocenters. The van der Waals surface area contributed by atoms with E-state index >= 15 is 0 Å². The molecule has 80 valence electrons. The first-order valence-corrected chi connectivity index (χ1v) is 4.58. The Balaban J connectivity index is 2.88. The molecule has 0 aliphatic rings. The van der Waals surface area contributed by atoms with E-state index in [1.807, 2.05) is 0 Å². The SMILES string of the molecule is CCOC(=O)C(O)=Cc1nnccc1Cl. The van der Waals surface area contributed by atoms with Crippen LogP contribution in [0.4, 0.5) is 0 Å². The zero-order valence-electron chi connectivity index (χ0n) is 7.98. The first-order valence-electron chi connectivity index (χ1n) is 4.20. The van der Waals surface area contributed by atoms with Gasteiger partial charge in [0.25, 0.3) is 0 Å². The van der Waals surface area contributed by atoms with Gasteiger partial charge in [0.05, 0.1) is 17.8 Å². The van der Waals surface area contributed by atoms with Crippen molar-refractivity contribution in [1.82, 2.24) is 10.2 Å². The van der Waals surface area contributed by atoms with Crippen LogP contribution in [-0.2, 0) is 9.53 Å². The van der Waals surface area contributed by atoms with Gasteiger partial charge in [0, 0.05) is 6.08 Å². The number of nitrogens with zero attached hydrogens (tertiary/aromatic N) is 2. The molecule has 5 nitrogen and oxygen atoms in total. The zero-order chi connectivity index (χ0) is 11.3. The standard InChI is InChI=1S/C9H9ClN2O3/c1-2-15-9(14)8(13)5-7-6(10)3-4-11-12-7/h3-5,13H,2H2,1H3. The van der Waals surface area contributed by atoms with Crippen LogP contribution in [0.1, 0.15) is 12.6 Å². The van der Waals surface area contributed by atoms with E-state index in [9.17, 15) is 9.90 Å². The van der Waals surface area contributed by atoms with Crippen molar-refractivity contribution in [3.8, 4) is 0 Å². The van der Waals surface area contributed by atoms with Crippen LogP contribution in [-0.4, -0.2) is 27.9 Å². The molecule has 1 aromatic rings. The zero-order valence-corrected chi connectivity index (χ0v) is 8.73. The van der Waals surface area contributed by atoms with Crippen molar-refractivity contribution in [1.29, 1.82) is 0 Å². The van der Waals surface area contributed by atoms with E-state index in [-0.39, 0.29) is 12.3 Å². The van der Waals surface area contributed by atoms with Gasteiger partial charge in [0.1, 0.15) is 5.69 Å². The molecule has 15 heavy (non-hydrogen) atoms. The Bertz CT molecular complexity index is 393. The summed E-state index contributed by atoms with van der Waals surface area (Å²) in [5.41, 5.74) is 0.213. The van der Waals surface area contributed by atoms with Gasteiger partial charge in [-0.05, 0) is 13.0 Å². The van der Waals surface area contributed by atoms with Crippen LogP contribution in [0.2, 0.25) is 5.02 Å². The Morgan fingerprint density at radius 2 is 2.47 bits per heavy atom. The predicted molar refractivity (Wildman–Crippen MR) is 54.3 cm³/mol. The van der Waals surface area contributed by atoms with Crippen LogP contribution < -0.4 is 0 Å². The van der Waals surface area contributed by atoms with E-state index in [4.69, 9.17) is 11.6 Å². The summed E-state index contributed by atoms with van der Waals surface area (Å²) in [6, 6.07) is 1.50. The van der Waals surface area contributed by atoms with Crippen molar-refractivity contribution in [2.45, 2.75) is 6.92 Å². The normalized spacial score (nSPS) is 11.2. The first-order chi connectivity index (χ1) is 7.15. The third kappa shape index (κ3) is 3.21. The van der Waals surface area contributed by atoms with Gasteiger partial charge < -0.3 is 9.84 Å². The Hall–Kier alpha value is -1.62. The highest BCUT2D eigenvalue weighted by atomic mass is 35.5. The monoisotopic (exact) mass is 228 g/mol. The van der Waals surface area contributed by atoms with E-state index in [1.165, 1.54) is 12.3 Å². The van der Waals surface area contributed by atoms with Crippen molar-refractivity contribution < 1.29 is 14.6 Å². The number of aliphatic hydroxyl groups excluding tert-OH is 1. The molecule has 0 aromatic carbocycles. The molecule has 0 unspecified atom stereocenters. The van der Waals surface area contributed by atoms with Crippen LogP contribution >= 0.6 is 11.6 Å². The minimum atomic E-state index is -0.820. The highest BCUT2D eigenvalue weighted by Gasteiger charge is 2.09. The van der Waals surface area contributed by atoms with E-state index in [0.717, 1.165) is 6.08 Å². The molecule has 0 aliphatic carbocycles. The number of aliphatic hydroxyl groups is 1. The van der Waals surface area contributed by atoms with Crippen molar-refractivity contribution >= 4 is 23.6 Å². The maximum Gasteiger partial charge on any atom is 0.373 e. The van der Waals surface area contributed by atoms with Crippen LogP contribution in [0.3, 0.4) is 0 Å². The van der Waals surface area contributed by atoms with Crippen LogP contribution in [0, 0.1) is 0 Å². The largest absolute Gasteiger partial charge is 0.502 e. The molecule has 0 spiro atoms. The third-order valence-corrected chi connectivity index (χ3v) is 1.78. The van der Waals surface area contributed by atoms with Crippen molar-refractivity contribution in [2.24, 2.45) is 0 Å². The Morgan fingerprint density at radius 3 is 3.07 bits per heavy atom. The van der Waals surface area contributed by atoms with E-state index in [1.54, 1.807) is 6.92 Å². The number of halogens is 1. The van der Waals surface area contributed by atoms with Gasteiger partial charge in [-0.2, -0.15) is 5.10 Å². The average molecular weight is 229 g/mol. The van der Waals surface area contributed by atoms with E-state index in [2.05, 4.69) is 14.9 Å². The second kappa shape index (κ2) is 5.31. The number of esters is 1. The minimum Gasteiger partial charge on any atom is -0.502 e. The number of rotatable bonds is 3. The quantitative estimate of drug-likeness (QED) is 0.483. The average Bonchev–Trinajstić information content (AvgIpc) is 2.21. The van der Waals surface area contributed by atoms with Crippen molar-refractivity contribution in [2.75, 3.05) is 6.61 Å². The number of carbonyl (C=O) groups excluding carboxylic acids is 1. The number of hydrogen-bond donors (Lipinski definition) is 1. The maximum absolute atomic E-state index is 11.0. The second-order valence-electron chi connectivity index (χ2n) is 2.51. The van der Waals surface area contributed by atoms with Gasteiger partial charge in [0.2, 0.25) is 5.76 Å². The molecular formula is C9H9ClN2O3. The summed E-state index contributed by atoms with van der Waals surface area (Å²) in [7, 11) is 0. The fourth-order valence-corrected chi connectivity index (χ4v) is 0.967. The van der Waals surface area contributed by atoms with Crippen LogP contribution in [0.25, 0.3) is 6.08 Å². The summed E-state index contributed by atoms with van der Waals surface area (Å²) >= 11 is 5.74. The molecule has 6 heteroatoms. The first kappa shape index (κ1) is 11.5. The molecular weight excluding hydrogens is 220 g/mol. The van der Waals surface area contributed by atoms with Gasteiger partial charge >= 0.3 is 5.97 Å². The Labute approximate surface area is 91.3 Å². The maximum atomic E-state index is 11.0. The molecule has 1 N–H and O–H groups in total. The third-order valence-electron chi connectivity index (χ3n) is 1.46.